The van der Waals surface area contributed by atoms with E-state index in [1.807, 2.05) is 6.92 Å². The van der Waals surface area contributed by atoms with E-state index in [2.05, 4.69) is 4.98 Å². The van der Waals surface area contributed by atoms with Gasteiger partial charge in [-0.15, -0.1) is 11.3 Å². The number of rotatable bonds is 2. The molecule has 0 aliphatic rings. The molecule has 2 nitrogen and oxygen atoms in total. The zero-order valence-electron chi connectivity index (χ0n) is 9.25. The van der Waals surface area contributed by atoms with Gasteiger partial charge in [-0.25, -0.2) is 9.37 Å². The summed E-state index contributed by atoms with van der Waals surface area (Å²) in [6.07, 6.45) is 0.680. The van der Waals surface area contributed by atoms with Crippen molar-refractivity contribution in [3.63, 3.8) is 0 Å². The molecule has 0 saturated carbocycles. The zero-order valence-corrected chi connectivity index (χ0v) is 10.8. The molecular formula is C12H9ClFNOS. The Morgan fingerprint density at radius 1 is 1.41 bits per heavy atom. The fourth-order valence-electron chi connectivity index (χ4n) is 1.54. The van der Waals surface area contributed by atoms with Crippen LogP contribution in [0.15, 0.2) is 12.1 Å². The number of carbonyl (C=O) groups excluding carboxylic acids is 1. The van der Waals surface area contributed by atoms with Crippen LogP contribution in [0.1, 0.15) is 20.2 Å². The molecule has 0 spiro atoms. The molecular weight excluding hydrogens is 261 g/mol. The summed E-state index contributed by atoms with van der Waals surface area (Å²) in [5, 5.41) is 0.810. The van der Waals surface area contributed by atoms with Crippen LogP contribution in [0.25, 0.3) is 11.3 Å². The molecule has 0 fully saturated rings. The Morgan fingerprint density at radius 2 is 2.12 bits per heavy atom. The van der Waals surface area contributed by atoms with Gasteiger partial charge in [-0.2, -0.15) is 0 Å². The summed E-state index contributed by atoms with van der Waals surface area (Å²) >= 11 is 7.34. The number of benzene rings is 1. The van der Waals surface area contributed by atoms with Crippen molar-refractivity contribution in [2.45, 2.75) is 13.8 Å². The van der Waals surface area contributed by atoms with Gasteiger partial charge in [0, 0.05) is 10.4 Å². The van der Waals surface area contributed by atoms with E-state index < -0.39 is 0 Å². The highest BCUT2D eigenvalue weighted by Gasteiger charge is 2.14. The first-order valence-corrected chi connectivity index (χ1v) is 6.11. The average Bonchev–Trinajstić information content (AvgIpc) is 2.65. The molecule has 0 radical (unpaired) electrons. The third kappa shape index (κ3) is 2.23. The van der Waals surface area contributed by atoms with Crippen LogP contribution in [0.4, 0.5) is 4.39 Å². The molecule has 17 heavy (non-hydrogen) atoms. The number of thiazole rings is 1. The monoisotopic (exact) mass is 269 g/mol. The maximum Gasteiger partial charge on any atom is 0.178 e. The van der Waals surface area contributed by atoms with E-state index in [-0.39, 0.29) is 5.82 Å². The molecule has 1 heterocycles. The molecule has 0 N–H and O–H groups in total. The lowest BCUT2D eigenvalue weighted by atomic mass is 10.1. The van der Waals surface area contributed by atoms with Gasteiger partial charge < -0.3 is 0 Å². The maximum absolute atomic E-state index is 13.5. The molecule has 0 aliphatic carbocycles. The van der Waals surface area contributed by atoms with Crippen molar-refractivity contribution in [2.75, 3.05) is 0 Å². The summed E-state index contributed by atoms with van der Waals surface area (Å²) in [5.41, 5.74) is 1.58. The van der Waals surface area contributed by atoms with E-state index in [1.54, 1.807) is 13.0 Å². The predicted molar refractivity (Wildman–Crippen MR) is 67.4 cm³/mol. The van der Waals surface area contributed by atoms with Crippen LogP contribution in [-0.2, 0) is 0 Å². The van der Waals surface area contributed by atoms with Crippen molar-refractivity contribution < 1.29 is 9.18 Å². The van der Waals surface area contributed by atoms with E-state index in [4.69, 9.17) is 11.6 Å². The van der Waals surface area contributed by atoms with Crippen molar-refractivity contribution in [3.8, 4) is 11.3 Å². The highest BCUT2D eigenvalue weighted by Crippen LogP contribution is 2.33. The van der Waals surface area contributed by atoms with E-state index >= 15 is 0 Å². The first-order chi connectivity index (χ1) is 8.02. The number of carbonyl (C=O) groups is 1. The Balaban J connectivity index is 2.63. The fraction of sp³-hybridized carbons (Fsp3) is 0.167. The van der Waals surface area contributed by atoms with Crippen molar-refractivity contribution in [1.82, 2.24) is 4.98 Å². The van der Waals surface area contributed by atoms with Gasteiger partial charge in [0.05, 0.1) is 10.7 Å². The molecule has 0 saturated heterocycles. The van der Waals surface area contributed by atoms with Gasteiger partial charge >= 0.3 is 0 Å². The van der Waals surface area contributed by atoms with Gasteiger partial charge in [0.1, 0.15) is 5.82 Å². The Kier molecular flexibility index (Phi) is 3.26. The predicted octanol–water partition coefficient (Wildman–Crippen LogP) is 4.03. The number of halogens is 2. The Bertz CT molecular complexity index is 594. The van der Waals surface area contributed by atoms with Gasteiger partial charge in [0.15, 0.2) is 11.3 Å². The minimum atomic E-state index is -0.329. The van der Waals surface area contributed by atoms with Crippen LogP contribution in [-0.4, -0.2) is 11.3 Å². The maximum atomic E-state index is 13.5. The smallest absolute Gasteiger partial charge is 0.178 e. The van der Waals surface area contributed by atoms with Crippen LogP contribution in [0.5, 0.6) is 0 Å². The topological polar surface area (TPSA) is 30.0 Å². The normalized spacial score (nSPS) is 10.6. The van der Waals surface area contributed by atoms with Crippen molar-refractivity contribution >= 4 is 29.2 Å². The lowest BCUT2D eigenvalue weighted by molar-refractivity contribution is 0.112. The summed E-state index contributed by atoms with van der Waals surface area (Å²) in [4.78, 5) is 15.6. The largest absolute Gasteiger partial charge is 0.295 e. The number of hydrogen-bond donors (Lipinski definition) is 0. The second-order valence-electron chi connectivity index (χ2n) is 3.66. The van der Waals surface area contributed by atoms with E-state index in [9.17, 15) is 9.18 Å². The molecule has 0 atom stereocenters. The molecule has 1 aromatic carbocycles. The lowest BCUT2D eigenvalue weighted by Gasteiger charge is -2.04. The van der Waals surface area contributed by atoms with Crippen LogP contribution >= 0.6 is 22.9 Å². The van der Waals surface area contributed by atoms with Crippen molar-refractivity contribution in [3.05, 3.63) is 38.4 Å². The molecule has 0 amide bonds. The van der Waals surface area contributed by atoms with Gasteiger partial charge in [0.2, 0.25) is 0 Å². The number of aryl methyl sites for hydroxylation is 2. The van der Waals surface area contributed by atoms with Crippen LogP contribution in [0, 0.1) is 19.7 Å². The van der Waals surface area contributed by atoms with Gasteiger partial charge in [-0.05, 0) is 31.5 Å². The fourth-order valence-corrected chi connectivity index (χ4v) is 2.60. The quantitative estimate of drug-likeness (QED) is 0.771. The highest BCUT2D eigenvalue weighted by atomic mass is 35.5. The summed E-state index contributed by atoms with van der Waals surface area (Å²) in [6, 6.07) is 2.92. The van der Waals surface area contributed by atoms with Crippen LogP contribution in [0.3, 0.4) is 0 Å². The third-order valence-corrected chi connectivity index (χ3v) is 3.63. The first-order valence-electron chi connectivity index (χ1n) is 4.91. The second kappa shape index (κ2) is 4.55. The Labute approximate surface area is 107 Å². The van der Waals surface area contributed by atoms with E-state index in [1.165, 1.54) is 17.4 Å². The molecule has 0 aliphatic heterocycles. The standard InChI is InChI=1S/C12H9ClFNOS/c1-6-3-9(13)8(4-10(6)14)12-7(2)17-11(5-16)15-12/h3-5H,1-2H3. The number of aldehydes is 1. The molecule has 88 valence electrons. The van der Waals surface area contributed by atoms with Gasteiger partial charge in [-0.3, -0.25) is 4.79 Å². The van der Waals surface area contributed by atoms with Gasteiger partial charge in [0.25, 0.3) is 0 Å². The Hall–Kier alpha value is -1.26. The van der Waals surface area contributed by atoms with Gasteiger partial charge in [-0.1, -0.05) is 11.6 Å². The summed E-state index contributed by atoms with van der Waals surface area (Å²) in [5.74, 6) is -0.329. The summed E-state index contributed by atoms with van der Waals surface area (Å²) in [7, 11) is 0. The number of hydrogen-bond acceptors (Lipinski definition) is 3. The molecule has 2 aromatic rings. The summed E-state index contributed by atoms with van der Waals surface area (Å²) in [6.45, 7) is 3.48. The first kappa shape index (κ1) is 12.2. The molecule has 2 rings (SSSR count). The Morgan fingerprint density at radius 3 is 2.71 bits per heavy atom. The average molecular weight is 270 g/mol. The third-order valence-electron chi connectivity index (χ3n) is 2.42. The summed E-state index contributed by atoms with van der Waals surface area (Å²) < 4.78 is 13.5. The molecule has 1 aromatic heterocycles. The van der Waals surface area contributed by atoms with Crippen LogP contribution in [0.2, 0.25) is 5.02 Å². The minimum absolute atomic E-state index is 0.329. The lowest BCUT2D eigenvalue weighted by Crippen LogP contribution is -1.89. The molecule has 0 unspecified atom stereocenters. The number of nitrogens with zero attached hydrogens (tertiary/aromatic N) is 1. The molecule has 0 bridgehead atoms. The molecule has 5 heteroatoms. The van der Waals surface area contributed by atoms with Crippen molar-refractivity contribution in [1.29, 1.82) is 0 Å². The zero-order chi connectivity index (χ0) is 12.6. The van der Waals surface area contributed by atoms with Crippen LogP contribution < -0.4 is 0 Å². The van der Waals surface area contributed by atoms with Crippen molar-refractivity contribution in [2.24, 2.45) is 0 Å². The number of aromatic nitrogens is 1. The van der Waals surface area contributed by atoms with E-state index in [0.717, 1.165) is 4.88 Å². The second-order valence-corrected chi connectivity index (χ2v) is 5.30. The minimum Gasteiger partial charge on any atom is -0.295 e. The van der Waals surface area contributed by atoms with E-state index in [0.29, 0.717) is 33.1 Å². The SMILES string of the molecule is Cc1cc(Cl)c(-c2nc(C=O)sc2C)cc1F. The highest BCUT2D eigenvalue weighted by molar-refractivity contribution is 7.13.